The van der Waals surface area contributed by atoms with Crippen molar-refractivity contribution in [3.8, 4) is 18.4 Å². The van der Waals surface area contributed by atoms with Crippen molar-refractivity contribution in [2.24, 2.45) is 0 Å². The Bertz CT molecular complexity index is 1970. The monoisotopic (exact) mass is 723 g/mol. The van der Waals surface area contributed by atoms with Crippen LogP contribution in [0.2, 0.25) is 0 Å². The summed E-state index contributed by atoms with van der Waals surface area (Å²) in [4.78, 5) is 32.5. The molecule has 0 spiro atoms. The first-order chi connectivity index (χ1) is 25.3. The van der Waals surface area contributed by atoms with Crippen LogP contribution in [-0.4, -0.2) is 87.0 Å². The Morgan fingerprint density at radius 1 is 1.25 bits per heavy atom. The van der Waals surface area contributed by atoms with Crippen molar-refractivity contribution < 1.29 is 23.4 Å². The lowest BCUT2D eigenvalue weighted by Crippen LogP contribution is -2.51. The molecule has 12 heteroatoms. The molecule has 2 aliphatic carbocycles. The molecule has 1 aromatic carbocycles. The Morgan fingerprint density at radius 3 is 2.75 bits per heavy atom. The molecule has 0 unspecified atom stereocenters. The number of pyridine rings is 1. The number of benzene rings is 1. The van der Waals surface area contributed by atoms with Gasteiger partial charge < -0.3 is 29.9 Å². The number of aromatic nitrogens is 3. The van der Waals surface area contributed by atoms with E-state index in [1.165, 1.54) is 12.1 Å². The third-order valence-corrected chi connectivity index (χ3v) is 11.5. The minimum absolute atomic E-state index is 0.116. The van der Waals surface area contributed by atoms with Gasteiger partial charge in [0.05, 0.1) is 58.6 Å². The topological polar surface area (TPSA) is 107 Å². The average Bonchev–Trinajstić information content (AvgIpc) is 3.76. The number of terminal acetylenes is 1. The Hall–Kier alpha value is -5.02. The highest BCUT2D eigenvalue weighted by atomic mass is 19.1. The van der Waals surface area contributed by atoms with Crippen molar-refractivity contribution in [3.63, 3.8) is 0 Å². The van der Waals surface area contributed by atoms with Crippen LogP contribution in [0.15, 0.2) is 55.0 Å². The molecule has 2 aromatic heterocycles. The maximum atomic E-state index is 15.1. The zero-order valence-corrected chi connectivity index (χ0v) is 30.7. The molecule has 4 aliphatic rings. The van der Waals surface area contributed by atoms with Crippen molar-refractivity contribution in [1.29, 1.82) is 0 Å². The molecule has 278 valence electrons. The first-order valence-electron chi connectivity index (χ1n) is 18.3. The maximum Gasteiger partial charge on any atom is 0.319 e. The zero-order chi connectivity index (χ0) is 37.5. The molecule has 1 saturated heterocycles. The van der Waals surface area contributed by atoms with Gasteiger partial charge in [-0.3, -0.25) is 9.78 Å². The molecule has 7 rings (SSSR count). The van der Waals surface area contributed by atoms with Gasteiger partial charge in [0.15, 0.2) is 0 Å². The van der Waals surface area contributed by atoms with Crippen molar-refractivity contribution in [1.82, 2.24) is 19.9 Å². The third kappa shape index (κ3) is 6.95. The van der Waals surface area contributed by atoms with E-state index in [1.807, 2.05) is 42.0 Å². The molecule has 3 atom stereocenters. The summed E-state index contributed by atoms with van der Waals surface area (Å²) in [7, 11) is 1.82. The number of rotatable bonds is 10. The number of nitrogens with zero attached hydrogens (tertiary/aromatic N) is 6. The number of anilines is 3. The summed E-state index contributed by atoms with van der Waals surface area (Å²) < 4.78 is 36.5. The van der Waals surface area contributed by atoms with Gasteiger partial charge in [-0.2, -0.15) is 9.97 Å². The molecule has 1 saturated carbocycles. The Morgan fingerprint density at radius 2 is 2.04 bits per heavy atom. The van der Waals surface area contributed by atoms with Crippen LogP contribution in [0.3, 0.4) is 0 Å². The normalized spacial score (nSPS) is 24.5. The van der Waals surface area contributed by atoms with E-state index in [1.54, 1.807) is 30.3 Å². The molecule has 0 radical (unpaired) electrons. The largest absolute Gasteiger partial charge is 0.461 e. The van der Waals surface area contributed by atoms with E-state index in [0.717, 1.165) is 48.2 Å². The summed E-state index contributed by atoms with van der Waals surface area (Å²) in [6.45, 7) is 8.46. The molecule has 3 aromatic rings. The lowest BCUT2D eigenvalue weighted by Gasteiger charge is -2.42. The number of hydrogen-bond acceptors (Lipinski definition) is 9. The molecule has 4 heterocycles. The second-order valence-corrected chi connectivity index (χ2v) is 15.5. The second-order valence-electron chi connectivity index (χ2n) is 15.5. The summed E-state index contributed by atoms with van der Waals surface area (Å²) in [6, 6.07) is 6.90. The molecule has 2 fully saturated rings. The SMILES string of the molecule is C#Cc1c(F)ccc2c1N(C1=Cc3nc(OC[C@]4(C)C[C@@H](F)CN4c4cccnc4)nc(NCC4(N(C)C(=O)C=C)CCCC4)c3CC1)C[C@@](C)(O)C2. The van der Waals surface area contributed by atoms with E-state index in [9.17, 15) is 9.90 Å². The predicted molar refractivity (Wildman–Crippen MR) is 202 cm³/mol. The molecule has 53 heavy (non-hydrogen) atoms. The van der Waals surface area contributed by atoms with Crippen molar-refractivity contribution in [2.75, 3.05) is 48.4 Å². The van der Waals surface area contributed by atoms with Gasteiger partial charge in [0.25, 0.3) is 0 Å². The summed E-state index contributed by atoms with van der Waals surface area (Å²) in [5.41, 5.74) is 2.43. The number of aliphatic hydroxyl groups is 1. The number of fused-ring (bicyclic) bond motifs is 2. The minimum atomic E-state index is -1.08. The molecule has 0 bridgehead atoms. The van der Waals surface area contributed by atoms with Gasteiger partial charge in [-0.25, -0.2) is 8.78 Å². The fraction of sp³-hybridized carbons (Fsp3) is 0.463. The quantitative estimate of drug-likeness (QED) is 0.197. The van der Waals surface area contributed by atoms with Crippen LogP contribution in [0.1, 0.15) is 74.8 Å². The number of β-amino-alcohol motifs (C(OH)–C–C–N with tert-alkyl or cyclic N) is 1. The summed E-state index contributed by atoms with van der Waals surface area (Å²) in [6.07, 6.45) is 16.9. The molecular formula is C41H47F2N7O3. The van der Waals surface area contributed by atoms with Gasteiger partial charge in [0.1, 0.15) is 24.4 Å². The number of halogens is 2. The van der Waals surface area contributed by atoms with Gasteiger partial charge in [-0.15, -0.1) is 6.42 Å². The zero-order valence-electron chi connectivity index (χ0n) is 30.7. The standard InChI is InChI=1S/C41H47F2N7O3/c1-6-31-33(43)15-12-27-20-40(4,52)25-49(36(27)31)29-13-14-32-34(19-29)46-38(47-37(32)45-24-41(16-8-9-17-41)48(5)35(51)7-2)53-26-39(3)21-28(42)23-50(39)30-11-10-18-44-22-30/h1,7,10-12,15,18-19,22,28,52H,2,8-9,13-14,16-17,20-21,23-26H2,3-5H3,(H,45,46,47)/t28-,39+,40+/m1/s1. The fourth-order valence-corrected chi connectivity index (χ4v) is 8.72. The van der Waals surface area contributed by atoms with Crippen LogP contribution >= 0.6 is 0 Å². The highest BCUT2D eigenvalue weighted by molar-refractivity contribution is 5.87. The number of allylic oxidation sites excluding steroid dienone is 1. The van der Waals surface area contributed by atoms with Gasteiger partial charge in [0, 0.05) is 43.9 Å². The molecule has 2 aliphatic heterocycles. The lowest BCUT2D eigenvalue weighted by atomic mass is 9.86. The number of hydrogen-bond donors (Lipinski definition) is 2. The summed E-state index contributed by atoms with van der Waals surface area (Å²) in [5.74, 6) is 2.51. The lowest BCUT2D eigenvalue weighted by molar-refractivity contribution is -0.129. The minimum Gasteiger partial charge on any atom is -0.461 e. The molecular weight excluding hydrogens is 676 g/mol. The highest BCUT2D eigenvalue weighted by Gasteiger charge is 2.44. The first kappa shape index (κ1) is 36.3. The van der Waals surface area contributed by atoms with E-state index in [2.05, 4.69) is 22.8 Å². The number of likely N-dealkylation sites (N-methyl/N-ethyl adjacent to an activating group) is 1. The van der Waals surface area contributed by atoms with E-state index in [4.69, 9.17) is 21.1 Å². The van der Waals surface area contributed by atoms with Crippen LogP contribution < -0.4 is 19.9 Å². The van der Waals surface area contributed by atoms with Gasteiger partial charge in [-0.1, -0.05) is 31.4 Å². The maximum absolute atomic E-state index is 15.1. The van der Waals surface area contributed by atoms with Crippen molar-refractivity contribution in [3.05, 3.63) is 83.2 Å². The number of amides is 1. The molecule has 2 N–H and O–H groups in total. The smallest absolute Gasteiger partial charge is 0.319 e. The van der Waals surface area contributed by atoms with Crippen LogP contribution in [0, 0.1) is 18.2 Å². The second kappa shape index (κ2) is 14.1. The van der Waals surface area contributed by atoms with Gasteiger partial charge in [-0.05, 0) is 75.4 Å². The van der Waals surface area contributed by atoms with E-state index in [-0.39, 0.29) is 43.6 Å². The third-order valence-electron chi connectivity index (χ3n) is 11.5. The van der Waals surface area contributed by atoms with Crippen LogP contribution in [-0.2, 0) is 17.6 Å². The molecule has 10 nitrogen and oxygen atoms in total. The number of alkyl halides is 1. The average molecular weight is 724 g/mol. The number of nitrogens with one attached hydrogen (secondary N) is 1. The number of carbonyl (C=O) groups excluding carboxylic acids is 1. The first-order valence-corrected chi connectivity index (χ1v) is 18.3. The Kier molecular flexibility index (Phi) is 9.66. The van der Waals surface area contributed by atoms with E-state index >= 15 is 8.78 Å². The van der Waals surface area contributed by atoms with Crippen molar-refractivity contribution in [2.45, 2.75) is 88.1 Å². The fourth-order valence-electron chi connectivity index (χ4n) is 8.72. The molecule has 1 amide bonds. The number of carbonyl (C=O) groups is 1. The summed E-state index contributed by atoms with van der Waals surface area (Å²) in [5, 5.41) is 14.9. The van der Waals surface area contributed by atoms with Crippen LogP contribution in [0.4, 0.5) is 26.0 Å². The van der Waals surface area contributed by atoms with Crippen molar-refractivity contribution >= 4 is 29.2 Å². The highest BCUT2D eigenvalue weighted by Crippen LogP contribution is 2.42. The van der Waals surface area contributed by atoms with Gasteiger partial charge >= 0.3 is 6.01 Å². The predicted octanol–water partition coefficient (Wildman–Crippen LogP) is 5.85. The van der Waals surface area contributed by atoms with E-state index < -0.39 is 28.7 Å². The Balaban J connectivity index is 1.26. The number of ether oxygens (including phenoxy) is 1. The van der Waals surface area contributed by atoms with Crippen LogP contribution in [0.5, 0.6) is 6.01 Å². The summed E-state index contributed by atoms with van der Waals surface area (Å²) >= 11 is 0. The van der Waals surface area contributed by atoms with Gasteiger partial charge in [0.2, 0.25) is 5.91 Å². The van der Waals surface area contributed by atoms with Crippen LogP contribution in [0.25, 0.3) is 6.08 Å². The van der Waals surface area contributed by atoms with E-state index in [0.29, 0.717) is 43.0 Å². The Labute approximate surface area is 310 Å².